The molecule has 5 nitrogen and oxygen atoms in total. The van der Waals surface area contributed by atoms with Crippen LogP contribution in [-0.2, 0) is 4.79 Å². The number of aryl methyl sites for hydroxylation is 1. The zero-order chi connectivity index (χ0) is 15.3. The van der Waals surface area contributed by atoms with Gasteiger partial charge in [0.2, 0.25) is 0 Å². The van der Waals surface area contributed by atoms with Gasteiger partial charge < -0.3 is 15.7 Å². The van der Waals surface area contributed by atoms with E-state index in [2.05, 4.69) is 26.6 Å². The molecule has 20 heavy (non-hydrogen) atoms. The number of carbonyl (C=O) groups excluding carboxylic acids is 1. The van der Waals surface area contributed by atoms with Crippen molar-refractivity contribution in [2.45, 2.75) is 20.3 Å². The van der Waals surface area contributed by atoms with Crippen molar-refractivity contribution in [3.63, 3.8) is 0 Å². The van der Waals surface area contributed by atoms with Gasteiger partial charge >= 0.3 is 12.0 Å². The average molecular weight is 347 g/mol. The molecule has 0 heterocycles. The predicted molar refractivity (Wildman–Crippen MR) is 77.3 cm³/mol. The van der Waals surface area contributed by atoms with E-state index in [0.717, 1.165) is 0 Å². The summed E-state index contributed by atoms with van der Waals surface area (Å²) in [7, 11) is 0. The van der Waals surface area contributed by atoms with Crippen LogP contribution < -0.4 is 10.6 Å². The summed E-state index contributed by atoms with van der Waals surface area (Å²) in [5, 5.41) is 13.8. The predicted octanol–water partition coefficient (Wildman–Crippen LogP) is 3.13. The maximum absolute atomic E-state index is 13.4. The monoisotopic (exact) mass is 346 g/mol. The topological polar surface area (TPSA) is 78.4 Å². The van der Waals surface area contributed by atoms with Crippen molar-refractivity contribution in [2.75, 3.05) is 11.9 Å². The number of carbonyl (C=O) groups is 2. The fourth-order valence-electron chi connectivity index (χ4n) is 1.47. The molecule has 0 spiro atoms. The Morgan fingerprint density at radius 2 is 2.10 bits per heavy atom. The van der Waals surface area contributed by atoms with E-state index in [9.17, 15) is 14.0 Å². The van der Waals surface area contributed by atoms with Crippen LogP contribution in [0.25, 0.3) is 0 Å². The van der Waals surface area contributed by atoms with Crippen LogP contribution in [0.1, 0.15) is 18.9 Å². The van der Waals surface area contributed by atoms with Crippen LogP contribution >= 0.6 is 15.9 Å². The Labute approximate surface area is 124 Å². The SMILES string of the molecule is Cc1cc(Br)c(F)cc1NC(=O)NCCC(C)C(=O)O. The number of halogens is 2. The van der Waals surface area contributed by atoms with Crippen molar-refractivity contribution in [3.05, 3.63) is 28.0 Å². The first kappa shape index (κ1) is 16.4. The van der Waals surface area contributed by atoms with Crippen LogP contribution in [0.2, 0.25) is 0 Å². The van der Waals surface area contributed by atoms with Gasteiger partial charge in [-0.05, 0) is 47.0 Å². The molecule has 0 aromatic heterocycles. The summed E-state index contributed by atoms with van der Waals surface area (Å²) in [5.41, 5.74) is 1.09. The van der Waals surface area contributed by atoms with Gasteiger partial charge in [0.05, 0.1) is 10.4 Å². The number of amides is 2. The highest BCUT2D eigenvalue weighted by Crippen LogP contribution is 2.23. The third kappa shape index (κ3) is 4.80. The lowest BCUT2D eigenvalue weighted by molar-refractivity contribution is -0.141. The number of hydrogen-bond donors (Lipinski definition) is 3. The molecule has 3 N–H and O–H groups in total. The highest BCUT2D eigenvalue weighted by Gasteiger charge is 2.12. The third-order valence-corrected chi connectivity index (χ3v) is 3.41. The van der Waals surface area contributed by atoms with Crippen molar-refractivity contribution >= 4 is 33.6 Å². The molecule has 1 atom stereocenters. The van der Waals surface area contributed by atoms with E-state index in [1.165, 1.54) is 6.07 Å². The molecule has 2 amide bonds. The van der Waals surface area contributed by atoms with E-state index in [4.69, 9.17) is 5.11 Å². The number of rotatable bonds is 5. The highest BCUT2D eigenvalue weighted by molar-refractivity contribution is 9.10. The average Bonchev–Trinajstić information content (AvgIpc) is 2.35. The van der Waals surface area contributed by atoms with Crippen LogP contribution in [0, 0.1) is 18.7 Å². The van der Waals surface area contributed by atoms with Gasteiger partial charge in [0.1, 0.15) is 5.82 Å². The van der Waals surface area contributed by atoms with Gasteiger partial charge in [-0.15, -0.1) is 0 Å². The van der Waals surface area contributed by atoms with Gasteiger partial charge in [0, 0.05) is 12.2 Å². The first-order chi connectivity index (χ1) is 9.31. The number of anilines is 1. The number of hydrogen-bond acceptors (Lipinski definition) is 2. The number of nitrogens with one attached hydrogen (secondary N) is 2. The van der Waals surface area contributed by atoms with E-state index in [0.29, 0.717) is 22.1 Å². The van der Waals surface area contributed by atoms with Gasteiger partial charge in [-0.1, -0.05) is 6.92 Å². The van der Waals surface area contributed by atoms with Crippen LogP contribution in [0.15, 0.2) is 16.6 Å². The van der Waals surface area contributed by atoms with Gasteiger partial charge in [0.15, 0.2) is 0 Å². The molecule has 0 saturated heterocycles. The number of benzene rings is 1. The van der Waals surface area contributed by atoms with Crippen LogP contribution in [0.3, 0.4) is 0 Å². The first-order valence-electron chi connectivity index (χ1n) is 6.04. The molecule has 110 valence electrons. The lowest BCUT2D eigenvalue weighted by atomic mass is 10.1. The molecule has 0 aliphatic heterocycles. The summed E-state index contributed by atoms with van der Waals surface area (Å²) in [4.78, 5) is 22.2. The van der Waals surface area contributed by atoms with Gasteiger partial charge in [-0.3, -0.25) is 4.79 Å². The summed E-state index contributed by atoms with van der Waals surface area (Å²) in [5.74, 6) is -1.90. The Morgan fingerprint density at radius 3 is 2.70 bits per heavy atom. The number of carboxylic acid groups (broad SMARTS) is 1. The summed E-state index contributed by atoms with van der Waals surface area (Å²) >= 11 is 3.06. The fourth-order valence-corrected chi connectivity index (χ4v) is 1.93. The van der Waals surface area contributed by atoms with E-state index in [1.807, 2.05) is 0 Å². The number of aliphatic carboxylic acids is 1. The Balaban J connectivity index is 2.51. The number of carboxylic acids is 1. The van der Waals surface area contributed by atoms with Crippen molar-refractivity contribution in [3.8, 4) is 0 Å². The molecule has 0 fully saturated rings. The summed E-state index contributed by atoms with van der Waals surface area (Å²) in [6.45, 7) is 3.54. The molecule has 1 aromatic rings. The minimum atomic E-state index is -0.905. The minimum Gasteiger partial charge on any atom is -0.481 e. The smallest absolute Gasteiger partial charge is 0.319 e. The standard InChI is InChI=1S/C13H16BrFN2O3/c1-7(12(18)19)3-4-16-13(20)17-11-6-10(15)9(14)5-8(11)2/h5-7H,3-4H2,1-2H3,(H,18,19)(H2,16,17,20). The molecule has 0 radical (unpaired) electrons. The second kappa shape index (κ2) is 7.23. The molecular weight excluding hydrogens is 331 g/mol. The maximum atomic E-state index is 13.4. The Hall–Kier alpha value is -1.63. The van der Waals surface area contributed by atoms with Crippen LogP contribution in [-0.4, -0.2) is 23.7 Å². The quantitative estimate of drug-likeness (QED) is 0.766. The Bertz CT molecular complexity index is 523. The van der Waals surface area contributed by atoms with Crippen LogP contribution in [0.5, 0.6) is 0 Å². The second-order valence-corrected chi connectivity index (χ2v) is 5.34. The van der Waals surface area contributed by atoms with E-state index in [-0.39, 0.29) is 6.54 Å². The van der Waals surface area contributed by atoms with E-state index < -0.39 is 23.7 Å². The van der Waals surface area contributed by atoms with Gasteiger partial charge in [-0.25, -0.2) is 9.18 Å². The number of urea groups is 1. The largest absolute Gasteiger partial charge is 0.481 e. The Morgan fingerprint density at radius 1 is 1.45 bits per heavy atom. The molecule has 0 aliphatic carbocycles. The Kier molecular flexibility index (Phi) is 5.94. The molecule has 0 aliphatic rings. The molecule has 1 aromatic carbocycles. The molecule has 7 heteroatoms. The summed E-state index contributed by atoms with van der Waals surface area (Å²) < 4.78 is 13.7. The van der Waals surface area contributed by atoms with Crippen molar-refractivity contribution in [1.29, 1.82) is 0 Å². The second-order valence-electron chi connectivity index (χ2n) is 4.49. The lowest BCUT2D eigenvalue weighted by Gasteiger charge is -2.11. The maximum Gasteiger partial charge on any atom is 0.319 e. The van der Waals surface area contributed by atoms with Crippen molar-refractivity contribution in [2.24, 2.45) is 5.92 Å². The van der Waals surface area contributed by atoms with E-state index in [1.54, 1.807) is 19.9 Å². The normalized spacial score (nSPS) is 11.8. The molecule has 1 rings (SSSR count). The highest BCUT2D eigenvalue weighted by atomic mass is 79.9. The summed E-state index contributed by atoms with van der Waals surface area (Å²) in [6.07, 6.45) is 0.330. The zero-order valence-corrected chi connectivity index (χ0v) is 12.8. The van der Waals surface area contributed by atoms with Crippen molar-refractivity contribution in [1.82, 2.24) is 5.32 Å². The van der Waals surface area contributed by atoms with Crippen molar-refractivity contribution < 1.29 is 19.1 Å². The molecular formula is C13H16BrFN2O3. The summed E-state index contributed by atoms with van der Waals surface area (Å²) in [6, 6.07) is 2.29. The molecule has 1 unspecified atom stereocenters. The van der Waals surface area contributed by atoms with E-state index >= 15 is 0 Å². The lowest BCUT2D eigenvalue weighted by Crippen LogP contribution is -2.31. The van der Waals surface area contributed by atoms with Gasteiger partial charge in [0.25, 0.3) is 0 Å². The minimum absolute atomic E-state index is 0.233. The zero-order valence-electron chi connectivity index (χ0n) is 11.2. The third-order valence-electron chi connectivity index (χ3n) is 2.80. The molecule has 0 bridgehead atoms. The first-order valence-corrected chi connectivity index (χ1v) is 6.84. The fraction of sp³-hybridized carbons (Fsp3) is 0.385. The van der Waals surface area contributed by atoms with Gasteiger partial charge in [-0.2, -0.15) is 0 Å². The molecule has 0 saturated carbocycles. The van der Waals surface area contributed by atoms with Crippen LogP contribution in [0.4, 0.5) is 14.9 Å².